The Morgan fingerprint density at radius 2 is 2.05 bits per heavy atom. The second kappa shape index (κ2) is 5.83. The molecule has 1 N–H and O–H groups in total. The van der Waals surface area contributed by atoms with Crippen molar-refractivity contribution in [2.24, 2.45) is 0 Å². The van der Waals surface area contributed by atoms with E-state index >= 15 is 0 Å². The number of nitrogens with zero attached hydrogens (tertiary/aromatic N) is 3. The largest absolute Gasteiger partial charge is 0.377 e. The molecule has 0 saturated heterocycles. The molecule has 1 unspecified atom stereocenters. The minimum Gasteiger partial charge on any atom is -0.377 e. The molecule has 2 aromatic rings. The quantitative estimate of drug-likeness (QED) is 0.689. The Bertz CT molecular complexity index is 648. The summed E-state index contributed by atoms with van der Waals surface area (Å²) in [4.78, 5) is 18.6. The lowest BCUT2D eigenvalue weighted by Crippen LogP contribution is -2.11. The lowest BCUT2D eigenvalue weighted by Gasteiger charge is -2.16. The summed E-state index contributed by atoms with van der Waals surface area (Å²) in [6, 6.07) is 4.44. The van der Waals surface area contributed by atoms with Crippen molar-refractivity contribution in [2.45, 2.75) is 19.9 Å². The van der Waals surface area contributed by atoms with Gasteiger partial charge in [-0.15, -0.1) is 0 Å². The fourth-order valence-electron chi connectivity index (χ4n) is 1.91. The van der Waals surface area contributed by atoms with Crippen LogP contribution in [0.3, 0.4) is 0 Å². The third-order valence-corrected chi connectivity index (χ3v) is 3.16. The van der Waals surface area contributed by atoms with Crippen LogP contribution in [0.15, 0.2) is 30.6 Å². The molecule has 104 valence electrons. The summed E-state index contributed by atoms with van der Waals surface area (Å²) in [5.41, 5.74) is 2.24. The molecule has 0 saturated carbocycles. The first-order valence-electron chi connectivity index (χ1n) is 5.97. The van der Waals surface area contributed by atoms with Crippen LogP contribution in [-0.2, 0) is 0 Å². The predicted octanol–water partition coefficient (Wildman–Crippen LogP) is 3.52. The summed E-state index contributed by atoms with van der Waals surface area (Å²) >= 11 is 5.88. The Morgan fingerprint density at radius 3 is 2.65 bits per heavy atom. The molecule has 0 aliphatic heterocycles. The summed E-state index contributed by atoms with van der Waals surface area (Å²) < 4.78 is 0. The van der Waals surface area contributed by atoms with Crippen molar-refractivity contribution in [2.75, 3.05) is 5.32 Å². The molecule has 2 rings (SSSR count). The maximum atomic E-state index is 10.7. The fraction of sp³-hybridized carbons (Fsp3) is 0.231. The van der Waals surface area contributed by atoms with E-state index in [1.54, 1.807) is 18.5 Å². The van der Waals surface area contributed by atoms with Gasteiger partial charge in [0.2, 0.25) is 0 Å². The third-order valence-electron chi connectivity index (χ3n) is 2.86. The van der Waals surface area contributed by atoms with Crippen LogP contribution in [0.4, 0.5) is 11.4 Å². The van der Waals surface area contributed by atoms with Gasteiger partial charge in [-0.3, -0.25) is 20.1 Å². The van der Waals surface area contributed by atoms with Crippen LogP contribution in [0, 0.1) is 17.0 Å². The van der Waals surface area contributed by atoms with Gasteiger partial charge >= 0.3 is 0 Å². The lowest BCUT2D eigenvalue weighted by atomic mass is 10.1. The zero-order valence-electron chi connectivity index (χ0n) is 11.0. The zero-order valence-corrected chi connectivity index (χ0v) is 11.8. The van der Waals surface area contributed by atoms with E-state index in [9.17, 15) is 10.1 Å². The molecule has 0 aliphatic rings. The molecule has 1 atom stereocenters. The van der Waals surface area contributed by atoms with Gasteiger partial charge in [0.25, 0.3) is 5.69 Å². The number of anilines is 1. The molecule has 6 nitrogen and oxygen atoms in total. The first-order chi connectivity index (χ1) is 9.49. The van der Waals surface area contributed by atoms with Crippen molar-refractivity contribution < 1.29 is 4.92 Å². The number of hydrogen-bond acceptors (Lipinski definition) is 5. The molecule has 1 aromatic carbocycles. The molecule has 0 radical (unpaired) electrons. The molecule has 0 spiro atoms. The zero-order chi connectivity index (χ0) is 14.7. The monoisotopic (exact) mass is 292 g/mol. The van der Waals surface area contributed by atoms with Gasteiger partial charge in [0, 0.05) is 24.1 Å². The van der Waals surface area contributed by atoms with Crippen molar-refractivity contribution in [3.05, 3.63) is 57.1 Å². The van der Waals surface area contributed by atoms with E-state index in [0.717, 1.165) is 11.4 Å². The van der Waals surface area contributed by atoms with E-state index in [2.05, 4.69) is 15.3 Å². The SMILES string of the molecule is Cc1nccnc1C(C)Nc1ccc([N+](=O)[O-])c(Cl)c1. The van der Waals surface area contributed by atoms with Crippen LogP contribution in [0.1, 0.15) is 24.4 Å². The number of aryl methyl sites for hydroxylation is 1. The van der Waals surface area contributed by atoms with E-state index in [4.69, 9.17) is 11.6 Å². The normalized spacial score (nSPS) is 11.9. The van der Waals surface area contributed by atoms with Crippen molar-refractivity contribution in [1.29, 1.82) is 0 Å². The number of nitro groups is 1. The van der Waals surface area contributed by atoms with E-state index in [1.165, 1.54) is 12.1 Å². The fourth-order valence-corrected chi connectivity index (χ4v) is 2.16. The molecule has 1 aromatic heterocycles. The summed E-state index contributed by atoms with van der Waals surface area (Å²) in [7, 11) is 0. The molecule has 20 heavy (non-hydrogen) atoms. The second-order valence-electron chi connectivity index (χ2n) is 4.32. The number of halogens is 1. The van der Waals surface area contributed by atoms with Crippen LogP contribution >= 0.6 is 11.6 Å². The van der Waals surface area contributed by atoms with Gasteiger partial charge in [0.05, 0.1) is 22.4 Å². The maximum absolute atomic E-state index is 10.7. The maximum Gasteiger partial charge on any atom is 0.288 e. The van der Waals surface area contributed by atoms with Crippen LogP contribution in [0.2, 0.25) is 5.02 Å². The second-order valence-corrected chi connectivity index (χ2v) is 4.72. The van der Waals surface area contributed by atoms with E-state index < -0.39 is 4.92 Å². The summed E-state index contributed by atoms with van der Waals surface area (Å²) in [5, 5.41) is 14.0. The molecule has 7 heteroatoms. The number of rotatable bonds is 4. The van der Waals surface area contributed by atoms with Gasteiger partial charge in [-0.1, -0.05) is 11.6 Å². The Labute approximate surface area is 121 Å². The highest BCUT2D eigenvalue weighted by atomic mass is 35.5. The average molecular weight is 293 g/mol. The average Bonchev–Trinajstić information content (AvgIpc) is 2.38. The highest BCUT2D eigenvalue weighted by molar-refractivity contribution is 6.32. The molecule has 0 fully saturated rings. The molecular formula is C13H13ClN4O2. The van der Waals surface area contributed by atoms with E-state index in [1.807, 2.05) is 13.8 Å². The standard InChI is InChI=1S/C13H13ClN4O2/c1-8-13(16-6-5-15-8)9(2)17-10-3-4-12(18(19)20)11(14)7-10/h3-7,9,17H,1-2H3. The topological polar surface area (TPSA) is 81.0 Å². The van der Waals surface area contributed by atoms with Crippen LogP contribution in [-0.4, -0.2) is 14.9 Å². The Balaban J connectivity index is 2.20. The Morgan fingerprint density at radius 1 is 1.35 bits per heavy atom. The highest BCUT2D eigenvalue weighted by Crippen LogP contribution is 2.29. The van der Waals surface area contributed by atoms with Gasteiger partial charge < -0.3 is 5.32 Å². The van der Waals surface area contributed by atoms with Gasteiger partial charge in [-0.2, -0.15) is 0 Å². The van der Waals surface area contributed by atoms with E-state index in [-0.39, 0.29) is 16.8 Å². The summed E-state index contributed by atoms with van der Waals surface area (Å²) in [6.07, 6.45) is 3.26. The predicted molar refractivity (Wildman–Crippen MR) is 76.9 cm³/mol. The number of nitrogens with one attached hydrogen (secondary N) is 1. The number of hydrogen-bond donors (Lipinski definition) is 1. The van der Waals surface area contributed by atoms with E-state index in [0.29, 0.717) is 5.69 Å². The van der Waals surface area contributed by atoms with Gasteiger partial charge in [-0.05, 0) is 26.0 Å². The molecule has 1 heterocycles. The molecule has 0 aliphatic carbocycles. The highest BCUT2D eigenvalue weighted by Gasteiger charge is 2.14. The first kappa shape index (κ1) is 14.2. The third kappa shape index (κ3) is 3.03. The molecule has 0 amide bonds. The van der Waals surface area contributed by atoms with Crippen molar-refractivity contribution in [3.63, 3.8) is 0 Å². The van der Waals surface area contributed by atoms with Crippen LogP contribution in [0.5, 0.6) is 0 Å². The smallest absolute Gasteiger partial charge is 0.288 e. The Hall–Kier alpha value is -2.21. The number of benzene rings is 1. The van der Waals surface area contributed by atoms with Gasteiger partial charge in [0.1, 0.15) is 5.02 Å². The summed E-state index contributed by atoms with van der Waals surface area (Å²) in [6.45, 7) is 3.82. The minimum absolute atomic E-state index is 0.0822. The Kier molecular flexibility index (Phi) is 4.14. The molecular weight excluding hydrogens is 280 g/mol. The van der Waals surface area contributed by atoms with Crippen molar-refractivity contribution in [1.82, 2.24) is 9.97 Å². The van der Waals surface area contributed by atoms with Crippen molar-refractivity contribution >= 4 is 23.0 Å². The van der Waals surface area contributed by atoms with Crippen LogP contribution in [0.25, 0.3) is 0 Å². The van der Waals surface area contributed by atoms with Gasteiger partial charge in [-0.25, -0.2) is 0 Å². The van der Waals surface area contributed by atoms with Gasteiger partial charge in [0.15, 0.2) is 0 Å². The summed E-state index contributed by atoms with van der Waals surface area (Å²) in [5.74, 6) is 0. The number of nitro benzene ring substituents is 1. The first-order valence-corrected chi connectivity index (χ1v) is 6.35. The minimum atomic E-state index is -0.512. The van der Waals surface area contributed by atoms with Crippen molar-refractivity contribution in [3.8, 4) is 0 Å². The molecule has 0 bridgehead atoms. The number of aromatic nitrogens is 2. The lowest BCUT2D eigenvalue weighted by molar-refractivity contribution is -0.384. The van der Waals surface area contributed by atoms with Crippen LogP contribution < -0.4 is 5.32 Å².